The molecule has 33 heavy (non-hydrogen) atoms. The number of hydrogen-bond donors (Lipinski definition) is 3. The zero-order chi connectivity index (χ0) is 24.0. The van der Waals surface area contributed by atoms with Crippen molar-refractivity contribution in [2.75, 3.05) is 0 Å². The number of aryl methyl sites for hydroxylation is 1. The Balaban J connectivity index is 1.79. The Bertz CT molecular complexity index is 1300. The molecule has 1 atom stereocenters. The number of carboxylic acids is 1. The fourth-order valence-corrected chi connectivity index (χ4v) is 4.93. The van der Waals surface area contributed by atoms with Gasteiger partial charge >= 0.3 is 5.97 Å². The number of aliphatic carboxylic acids is 1. The molecule has 0 unspecified atom stereocenters. The highest BCUT2D eigenvalue weighted by Gasteiger charge is 2.29. The molecule has 0 saturated carbocycles. The average Bonchev–Trinajstić information content (AvgIpc) is 2.78. The van der Waals surface area contributed by atoms with Crippen molar-refractivity contribution in [3.63, 3.8) is 0 Å². The number of fused-ring (bicyclic) bond motifs is 1. The van der Waals surface area contributed by atoms with Crippen molar-refractivity contribution < 1.29 is 27.9 Å². The smallest absolute Gasteiger partial charge is 0.305 e. The summed E-state index contributed by atoms with van der Waals surface area (Å²) in [6, 6.07) is 17.5. The lowest BCUT2D eigenvalue weighted by atomic mass is 10.0. The molecule has 3 N–H and O–H groups in total. The Morgan fingerprint density at radius 3 is 2.27 bits per heavy atom. The number of rotatable bonds is 9. The third-order valence-electron chi connectivity index (χ3n) is 5.12. The van der Waals surface area contributed by atoms with Crippen molar-refractivity contribution >= 4 is 38.6 Å². The molecule has 0 heterocycles. The van der Waals surface area contributed by atoms with Crippen LogP contribution in [0.1, 0.15) is 34.8 Å². The predicted octanol–water partition coefficient (Wildman–Crippen LogP) is 2.62. The van der Waals surface area contributed by atoms with Crippen LogP contribution in [0.4, 0.5) is 0 Å². The van der Waals surface area contributed by atoms with Crippen molar-refractivity contribution in [1.29, 1.82) is 0 Å². The quantitative estimate of drug-likeness (QED) is 0.443. The first-order chi connectivity index (χ1) is 15.7. The largest absolute Gasteiger partial charge is 0.481 e. The third-order valence-corrected chi connectivity index (χ3v) is 6.46. The molecule has 172 valence electrons. The summed E-state index contributed by atoms with van der Waals surface area (Å²) < 4.78 is 27.8. The van der Waals surface area contributed by atoms with Gasteiger partial charge in [-0.15, -0.1) is 0 Å². The van der Waals surface area contributed by atoms with Gasteiger partial charge in [0.2, 0.25) is 15.9 Å². The van der Waals surface area contributed by atoms with Gasteiger partial charge in [0.15, 0.2) is 0 Å². The lowest BCUT2D eigenvalue weighted by Gasteiger charge is -2.17. The van der Waals surface area contributed by atoms with Gasteiger partial charge in [0, 0.05) is 5.56 Å². The molecular weight excluding hydrogens is 444 g/mol. The van der Waals surface area contributed by atoms with Crippen LogP contribution in [0.2, 0.25) is 0 Å². The van der Waals surface area contributed by atoms with Crippen LogP contribution in [-0.2, 0) is 31.8 Å². The van der Waals surface area contributed by atoms with Gasteiger partial charge < -0.3 is 5.11 Å². The van der Waals surface area contributed by atoms with Gasteiger partial charge in [-0.05, 0) is 34.4 Å². The molecule has 0 spiro atoms. The summed E-state index contributed by atoms with van der Waals surface area (Å²) in [6.07, 6.45) is -0.267. The van der Waals surface area contributed by atoms with E-state index in [4.69, 9.17) is 0 Å². The van der Waals surface area contributed by atoms with Gasteiger partial charge in [-0.1, -0.05) is 67.6 Å². The van der Waals surface area contributed by atoms with Crippen molar-refractivity contribution in [1.82, 2.24) is 10.0 Å². The summed E-state index contributed by atoms with van der Waals surface area (Å²) in [6.45, 7) is 1.85. The van der Waals surface area contributed by atoms with Crippen LogP contribution in [0.15, 0.2) is 66.7 Å². The number of amides is 2. The molecule has 9 heteroatoms. The van der Waals surface area contributed by atoms with Crippen molar-refractivity contribution in [3.8, 4) is 0 Å². The molecule has 2 amide bonds. The van der Waals surface area contributed by atoms with Crippen LogP contribution >= 0.6 is 0 Å². The molecule has 3 aromatic carbocycles. The Morgan fingerprint density at radius 2 is 1.55 bits per heavy atom. The molecule has 8 nitrogen and oxygen atoms in total. The van der Waals surface area contributed by atoms with E-state index in [0.717, 1.165) is 10.8 Å². The van der Waals surface area contributed by atoms with Crippen LogP contribution in [-0.4, -0.2) is 37.3 Å². The van der Waals surface area contributed by atoms with Crippen molar-refractivity contribution in [2.45, 2.75) is 31.6 Å². The molecule has 0 aliphatic rings. The molecule has 3 aromatic rings. The van der Waals surface area contributed by atoms with Gasteiger partial charge in [0.05, 0.1) is 12.2 Å². The maximum absolute atomic E-state index is 12.8. The van der Waals surface area contributed by atoms with Gasteiger partial charge in [-0.3, -0.25) is 19.7 Å². The van der Waals surface area contributed by atoms with E-state index in [1.165, 1.54) is 0 Å². The molecule has 0 fully saturated rings. The summed E-state index contributed by atoms with van der Waals surface area (Å²) in [7, 11) is -4.11. The number of carbonyl (C=O) groups excluding carboxylic acids is 2. The van der Waals surface area contributed by atoms with Gasteiger partial charge in [0.25, 0.3) is 5.91 Å². The first-order valence-corrected chi connectivity index (χ1v) is 12.0. The van der Waals surface area contributed by atoms with Crippen LogP contribution in [0, 0.1) is 0 Å². The monoisotopic (exact) mass is 468 g/mol. The Hall–Kier alpha value is -3.56. The third kappa shape index (κ3) is 6.24. The lowest BCUT2D eigenvalue weighted by Crippen LogP contribution is -2.49. The number of hydrogen-bond acceptors (Lipinski definition) is 5. The first kappa shape index (κ1) is 24.1. The average molecular weight is 469 g/mol. The second-order valence-electron chi connectivity index (χ2n) is 7.49. The zero-order valence-corrected chi connectivity index (χ0v) is 18.8. The minimum absolute atomic E-state index is 0.265. The second kappa shape index (κ2) is 10.4. The van der Waals surface area contributed by atoms with E-state index < -0.39 is 46.0 Å². The first-order valence-electron chi connectivity index (χ1n) is 10.3. The lowest BCUT2D eigenvalue weighted by molar-refractivity contribution is -0.139. The highest BCUT2D eigenvalue weighted by molar-refractivity contribution is 7.88. The minimum Gasteiger partial charge on any atom is -0.481 e. The molecule has 0 bridgehead atoms. The summed E-state index contributed by atoms with van der Waals surface area (Å²) in [4.78, 5) is 36.5. The van der Waals surface area contributed by atoms with E-state index in [1.807, 2.05) is 25.1 Å². The minimum atomic E-state index is -4.11. The van der Waals surface area contributed by atoms with Gasteiger partial charge in [-0.25, -0.2) is 13.1 Å². The number of benzene rings is 3. The normalized spacial score (nSPS) is 12.3. The van der Waals surface area contributed by atoms with Gasteiger partial charge in [0.1, 0.15) is 6.04 Å². The van der Waals surface area contributed by atoms with E-state index >= 15 is 0 Å². The Labute approximate surface area is 191 Å². The second-order valence-corrected chi connectivity index (χ2v) is 9.25. The fraction of sp³-hybridized carbons (Fsp3) is 0.208. The molecule has 0 aromatic heterocycles. The van der Waals surface area contributed by atoms with E-state index in [2.05, 4.69) is 10.0 Å². The highest BCUT2D eigenvalue weighted by Crippen LogP contribution is 2.20. The van der Waals surface area contributed by atoms with E-state index in [9.17, 15) is 27.9 Å². The maximum atomic E-state index is 12.8. The molecule has 3 rings (SSSR count). The summed E-state index contributed by atoms with van der Waals surface area (Å²) >= 11 is 0. The summed E-state index contributed by atoms with van der Waals surface area (Å²) in [5, 5.41) is 12.9. The molecule has 0 aliphatic heterocycles. The van der Waals surface area contributed by atoms with Crippen LogP contribution < -0.4 is 10.0 Å². The molecule has 0 saturated heterocycles. The zero-order valence-electron chi connectivity index (χ0n) is 17.9. The molecule has 0 radical (unpaired) electrons. The topological polar surface area (TPSA) is 130 Å². The number of carboxylic acid groups (broad SMARTS) is 1. The maximum Gasteiger partial charge on any atom is 0.305 e. The van der Waals surface area contributed by atoms with Crippen molar-refractivity contribution in [2.24, 2.45) is 0 Å². The van der Waals surface area contributed by atoms with E-state index in [0.29, 0.717) is 17.5 Å². The van der Waals surface area contributed by atoms with E-state index in [-0.39, 0.29) is 5.56 Å². The number of nitrogens with one attached hydrogen (secondary N) is 2. The van der Waals surface area contributed by atoms with E-state index in [1.54, 1.807) is 48.5 Å². The highest BCUT2D eigenvalue weighted by atomic mass is 32.2. The Kier molecular flexibility index (Phi) is 7.57. The predicted molar refractivity (Wildman–Crippen MR) is 124 cm³/mol. The van der Waals surface area contributed by atoms with Crippen molar-refractivity contribution in [3.05, 3.63) is 83.4 Å². The fourth-order valence-electron chi connectivity index (χ4n) is 3.56. The van der Waals surface area contributed by atoms with Gasteiger partial charge in [-0.2, -0.15) is 0 Å². The number of carbonyl (C=O) groups is 3. The summed E-state index contributed by atoms with van der Waals surface area (Å²) in [5.41, 5.74) is 1.47. The number of sulfonamides is 1. The standard InChI is InChI=1S/C24H24N2O6S/c1-2-16-8-3-6-13-20(16)23(29)25-24(30)21(14-22(27)28)26-33(31,32)15-18-11-7-10-17-9-4-5-12-19(17)18/h3-13,21,26H,2,14-15H2,1H3,(H,27,28)(H,25,29,30)/t21-/m0/s1. The van der Waals surface area contributed by atoms with Crippen LogP contribution in [0.25, 0.3) is 10.8 Å². The van der Waals surface area contributed by atoms with Crippen LogP contribution in [0.3, 0.4) is 0 Å². The molecular formula is C24H24N2O6S. The number of imide groups is 1. The summed E-state index contributed by atoms with van der Waals surface area (Å²) in [5.74, 6) is -3.59. The van der Waals surface area contributed by atoms with Crippen LogP contribution in [0.5, 0.6) is 0 Å². The Morgan fingerprint density at radius 1 is 0.909 bits per heavy atom. The SMILES string of the molecule is CCc1ccccc1C(=O)NC(=O)[C@H](CC(=O)O)NS(=O)(=O)Cc1cccc2ccccc12. The molecule has 0 aliphatic carbocycles.